The van der Waals surface area contributed by atoms with Crippen LogP contribution in [0.25, 0.3) is 0 Å². The van der Waals surface area contributed by atoms with Crippen molar-refractivity contribution in [3.63, 3.8) is 0 Å². The molecule has 0 saturated carbocycles. The van der Waals surface area contributed by atoms with Gasteiger partial charge < -0.3 is 0 Å². The number of hydrazine groups is 1. The van der Waals surface area contributed by atoms with E-state index in [1.165, 1.54) is 39.2 Å². The van der Waals surface area contributed by atoms with Gasteiger partial charge in [0.25, 0.3) is 15.9 Å². The number of hydrogen-bond acceptors (Lipinski definition) is 5. The number of thiophene rings is 2. The van der Waals surface area contributed by atoms with Gasteiger partial charge in [0, 0.05) is 9.75 Å². The first kappa shape index (κ1) is 16.6. The van der Waals surface area contributed by atoms with Gasteiger partial charge in [-0.1, -0.05) is 6.92 Å². The zero-order valence-electron chi connectivity index (χ0n) is 12.9. The molecule has 1 aliphatic carbocycles. The van der Waals surface area contributed by atoms with Crippen molar-refractivity contribution in [3.8, 4) is 0 Å². The van der Waals surface area contributed by atoms with Crippen molar-refractivity contribution in [1.29, 1.82) is 0 Å². The van der Waals surface area contributed by atoms with Crippen LogP contribution in [0, 0.1) is 12.8 Å². The summed E-state index contributed by atoms with van der Waals surface area (Å²) < 4.78 is 24.4. The summed E-state index contributed by atoms with van der Waals surface area (Å²) in [7, 11) is -3.71. The summed E-state index contributed by atoms with van der Waals surface area (Å²) in [5.74, 6) is 0.225. The normalized spacial score (nSPS) is 17.7. The second kappa shape index (κ2) is 6.35. The summed E-state index contributed by atoms with van der Waals surface area (Å²) in [6.45, 7) is 4.04. The molecule has 0 aliphatic heterocycles. The topological polar surface area (TPSA) is 75.3 Å². The van der Waals surface area contributed by atoms with E-state index in [-0.39, 0.29) is 4.21 Å². The maximum Gasteiger partial charge on any atom is 0.276 e. The number of hydrogen-bond donors (Lipinski definition) is 2. The lowest BCUT2D eigenvalue weighted by Crippen LogP contribution is -2.40. The van der Waals surface area contributed by atoms with Crippen molar-refractivity contribution in [1.82, 2.24) is 10.3 Å². The highest BCUT2D eigenvalue weighted by Crippen LogP contribution is 2.32. The lowest BCUT2D eigenvalue weighted by atomic mass is 9.90. The Morgan fingerprint density at radius 1 is 1.30 bits per heavy atom. The van der Waals surface area contributed by atoms with Gasteiger partial charge in [0.2, 0.25) is 0 Å². The molecular formula is C15H18N2O3S3. The third kappa shape index (κ3) is 3.65. The zero-order valence-corrected chi connectivity index (χ0v) is 15.3. The van der Waals surface area contributed by atoms with E-state index in [4.69, 9.17) is 0 Å². The van der Waals surface area contributed by atoms with E-state index in [2.05, 4.69) is 17.2 Å². The molecule has 2 aromatic heterocycles. The van der Waals surface area contributed by atoms with Crippen LogP contribution in [0.5, 0.6) is 0 Å². The lowest BCUT2D eigenvalue weighted by Gasteiger charge is -2.16. The summed E-state index contributed by atoms with van der Waals surface area (Å²) >= 11 is 2.62. The predicted molar refractivity (Wildman–Crippen MR) is 92.4 cm³/mol. The zero-order chi connectivity index (χ0) is 16.6. The number of aryl methyl sites for hydroxylation is 2. The molecule has 2 heterocycles. The van der Waals surface area contributed by atoms with E-state index >= 15 is 0 Å². The van der Waals surface area contributed by atoms with Crippen LogP contribution >= 0.6 is 22.7 Å². The van der Waals surface area contributed by atoms with Crippen molar-refractivity contribution in [3.05, 3.63) is 38.4 Å². The monoisotopic (exact) mass is 370 g/mol. The number of sulfonamides is 1. The number of fused-ring (bicyclic) bond motifs is 1. The van der Waals surface area contributed by atoms with Gasteiger partial charge in [0.15, 0.2) is 0 Å². The van der Waals surface area contributed by atoms with Gasteiger partial charge in [0.1, 0.15) is 4.21 Å². The Hall–Kier alpha value is -1.22. The lowest BCUT2D eigenvalue weighted by molar-refractivity contribution is 0.0949. The Morgan fingerprint density at radius 2 is 2.09 bits per heavy atom. The van der Waals surface area contributed by atoms with E-state index < -0.39 is 15.9 Å². The molecule has 0 radical (unpaired) electrons. The maximum absolute atomic E-state index is 12.2. The van der Waals surface area contributed by atoms with Gasteiger partial charge in [-0.05, 0) is 55.9 Å². The molecule has 23 heavy (non-hydrogen) atoms. The quantitative estimate of drug-likeness (QED) is 0.813. The van der Waals surface area contributed by atoms with Gasteiger partial charge in [-0.3, -0.25) is 10.2 Å². The van der Waals surface area contributed by atoms with E-state index in [9.17, 15) is 13.2 Å². The van der Waals surface area contributed by atoms with Crippen molar-refractivity contribution in [2.75, 3.05) is 0 Å². The standard InChI is InChI=1S/C15H18N2O3S3/c1-9-3-5-12-11(7-9)8-13(22-12)15(18)16-17-23(19,20)14-6-4-10(2)21-14/h4,6,8-9,17H,3,5,7H2,1-2H3,(H,16,18). The summed E-state index contributed by atoms with van der Waals surface area (Å²) in [4.78, 5) is 17.1. The molecule has 5 nitrogen and oxygen atoms in total. The first-order chi connectivity index (χ1) is 10.8. The van der Waals surface area contributed by atoms with Crippen LogP contribution in [0.1, 0.15) is 38.3 Å². The fourth-order valence-corrected chi connectivity index (χ4v) is 5.83. The molecule has 1 amide bonds. The second-order valence-corrected chi connectivity index (χ2v) is 10.2. The molecule has 124 valence electrons. The third-order valence-corrected chi connectivity index (χ3v) is 7.81. The van der Waals surface area contributed by atoms with Crippen molar-refractivity contribution >= 4 is 38.6 Å². The molecule has 8 heteroatoms. The molecule has 2 N–H and O–H groups in total. The molecule has 2 aromatic rings. The Bertz CT molecular complexity index is 836. The van der Waals surface area contributed by atoms with Crippen molar-refractivity contribution < 1.29 is 13.2 Å². The van der Waals surface area contributed by atoms with Gasteiger partial charge in [-0.2, -0.15) is 0 Å². The average molecular weight is 371 g/mol. The van der Waals surface area contributed by atoms with Crippen LogP contribution in [0.3, 0.4) is 0 Å². The molecule has 0 fully saturated rings. The van der Waals surface area contributed by atoms with E-state index in [1.807, 2.05) is 13.0 Å². The predicted octanol–water partition coefficient (Wildman–Crippen LogP) is 2.87. The Kier molecular flexibility index (Phi) is 4.59. The van der Waals surface area contributed by atoms with Gasteiger partial charge in [-0.25, -0.2) is 8.42 Å². The van der Waals surface area contributed by atoms with Crippen LogP contribution in [0.15, 0.2) is 22.4 Å². The number of carbonyl (C=O) groups excluding carboxylic acids is 1. The van der Waals surface area contributed by atoms with E-state index in [0.717, 1.165) is 24.1 Å². The molecule has 0 bridgehead atoms. The van der Waals surface area contributed by atoms with Gasteiger partial charge >= 0.3 is 0 Å². The minimum absolute atomic E-state index is 0.189. The van der Waals surface area contributed by atoms with Gasteiger partial charge in [-0.15, -0.1) is 27.5 Å². The highest BCUT2D eigenvalue weighted by molar-refractivity contribution is 7.91. The SMILES string of the molecule is Cc1ccc(S(=O)(=O)NNC(=O)c2cc3c(s2)CCC(C)C3)s1. The highest BCUT2D eigenvalue weighted by Gasteiger charge is 2.22. The van der Waals surface area contributed by atoms with Crippen LogP contribution in [-0.4, -0.2) is 14.3 Å². The summed E-state index contributed by atoms with van der Waals surface area (Å²) in [6.07, 6.45) is 3.12. The molecule has 0 spiro atoms. The van der Waals surface area contributed by atoms with Crippen molar-refractivity contribution in [2.45, 2.75) is 37.3 Å². The van der Waals surface area contributed by atoms with Crippen molar-refractivity contribution in [2.24, 2.45) is 5.92 Å². The number of rotatable bonds is 4. The molecule has 1 unspecified atom stereocenters. The number of carbonyl (C=O) groups is 1. The van der Waals surface area contributed by atoms with E-state index in [1.54, 1.807) is 6.07 Å². The van der Waals surface area contributed by atoms with Crippen LogP contribution in [-0.2, 0) is 22.9 Å². The fourth-order valence-electron chi connectivity index (χ4n) is 2.60. The van der Waals surface area contributed by atoms with Crippen LogP contribution < -0.4 is 10.3 Å². The largest absolute Gasteiger partial charge is 0.276 e. The third-order valence-electron chi connectivity index (χ3n) is 3.83. The molecular weight excluding hydrogens is 352 g/mol. The molecule has 1 atom stereocenters. The minimum atomic E-state index is -3.71. The molecule has 1 aliphatic rings. The van der Waals surface area contributed by atoms with Crippen LogP contribution in [0.2, 0.25) is 0 Å². The second-order valence-electron chi connectivity index (χ2n) is 5.83. The Labute approximate surface area is 143 Å². The molecule has 3 rings (SSSR count). The summed E-state index contributed by atoms with van der Waals surface area (Å²) in [5.41, 5.74) is 3.53. The van der Waals surface area contributed by atoms with E-state index in [0.29, 0.717) is 10.8 Å². The highest BCUT2D eigenvalue weighted by atomic mass is 32.2. The number of nitrogens with one attached hydrogen (secondary N) is 2. The summed E-state index contributed by atoms with van der Waals surface area (Å²) in [6, 6.07) is 5.14. The molecule has 0 saturated heterocycles. The number of amides is 1. The Balaban J connectivity index is 1.68. The molecule has 0 aromatic carbocycles. The van der Waals surface area contributed by atoms with Crippen LogP contribution in [0.4, 0.5) is 0 Å². The Morgan fingerprint density at radius 3 is 2.78 bits per heavy atom. The smallest absolute Gasteiger partial charge is 0.273 e. The fraction of sp³-hybridized carbons (Fsp3) is 0.400. The first-order valence-corrected chi connectivity index (χ1v) is 10.5. The summed E-state index contributed by atoms with van der Waals surface area (Å²) in [5, 5.41) is 0. The maximum atomic E-state index is 12.2. The van der Waals surface area contributed by atoms with Gasteiger partial charge in [0.05, 0.1) is 4.88 Å². The first-order valence-electron chi connectivity index (χ1n) is 7.35. The minimum Gasteiger partial charge on any atom is -0.273 e. The average Bonchev–Trinajstić information content (AvgIpc) is 3.11.